The summed E-state index contributed by atoms with van der Waals surface area (Å²) in [5.74, 6) is -3.20. The van der Waals surface area contributed by atoms with E-state index in [0.717, 1.165) is 0 Å². The van der Waals surface area contributed by atoms with Gasteiger partial charge in [0.2, 0.25) is 5.76 Å². The van der Waals surface area contributed by atoms with E-state index >= 15 is 0 Å². The molecule has 1 aromatic rings. The van der Waals surface area contributed by atoms with Crippen LogP contribution in [0.25, 0.3) is 0 Å². The van der Waals surface area contributed by atoms with Crippen molar-refractivity contribution in [1.82, 2.24) is 0 Å². The molecule has 3 aliphatic rings. The van der Waals surface area contributed by atoms with Gasteiger partial charge in [0.1, 0.15) is 23.9 Å². The summed E-state index contributed by atoms with van der Waals surface area (Å²) in [7, 11) is 0. The smallest absolute Gasteiger partial charge is 0.374 e. The number of hydrogen-bond acceptors (Lipinski definition) is 11. The number of furan rings is 1. The van der Waals surface area contributed by atoms with Crippen LogP contribution in [0.3, 0.4) is 0 Å². The van der Waals surface area contributed by atoms with Crippen LogP contribution in [0.2, 0.25) is 0 Å². The number of hydrogen-bond donors (Lipinski definition) is 1. The number of rotatable bonds is 5. The Morgan fingerprint density at radius 2 is 1.57 bits per heavy atom. The van der Waals surface area contributed by atoms with Crippen molar-refractivity contribution < 1.29 is 52.4 Å². The quantitative estimate of drug-likeness (QED) is 0.415. The molecule has 4 rings (SSSR count). The van der Waals surface area contributed by atoms with Gasteiger partial charge >= 0.3 is 23.9 Å². The number of ether oxygens (including phenoxy) is 5. The summed E-state index contributed by atoms with van der Waals surface area (Å²) in [6.07, 6.45) is -3.18. The number of aliphatic hydroxyl groups is 1. The third-order valence-electron chi connectivity index (χ3n) is 8.78. The van der Waals surface area contributed by atoms with Crippen LogP contribution in [0.15, 0.2) is 22.8 Å². The van der Waals surface area contributed by atoms with Crippen LogP contribution in [-0.4, -0.2) is 70.2 Å². The van der Waals surface area contributed by atoms with Gasteiger partial charge < -0.3 is 33.2 Å². The minimum absolute atomic E-state index is 0.0467. The number of fused-ring (bicyclic) bond motifs is 1. The first kappa shape index (κ1) is 30.0. The van der Waals surface area contributed by atoms with E-state index in [2.05, 4.69) is 0 Å². The maximum atomic E-state index is 13.3. The van der Waals surface area contributed by atoms with Crippen molar-refractivity contribution in [1.29, 1.82) is 0 Å². The van der Waals surface area contributed by atoms with Crippen molar-refractivity contribution in [3.8, 4) is 0 Å². The first-order chi connectivity index (χ1) is 18.3. The first-order valence-corrected chi connectivity index (χ1v) is 13.5. The fourth-order valence-corrected chi connectivity index (χ4v) is 7.07. The second-order valence-electron chi connectivity index (χ2n) is 13.2. The Morgan fingerprint density at radius 3 is 2.10 bits per heavy atom. The number of esters is 4. The number of carbonyl (C=O) groups is 4. The van der Waals surface area contributed by atoms with Gasteiger partial charge in [-0.05, 0) is 67.0 Å². The van der Waals surface area contributed by atoms with Gasteiger partial charge in [-0.1, -0.05) is 0 Å². The van der Waals surface area contributed by atoms with Crippen molar-refractivity contribution in [2.24, 2.45) is 16.7 Å². The molecule has 3 fully saturated rings. The summed E-state index contributed by atoms with van der Waals surface area (Å²) in [4.78, 5) is 51.2. The molecule has 40 heavy (non-hydrogen) atoms. The van der Waals surface area contributed by atoms with Gasteiger partial charge in [-0.25, -0.2) is 4.79 Å². The van der Waals surface area contributed by atoms with Gasteiger partial charge in [-0.15, -0.1) is 0 Å². The molecule has 11 heteroatoms. The van der Waals surface area contributed by atoms with Gasteiger partial charge in [0.05, 0.1) is 28.3 Å². The van der Waals surface area contributed by atoms with E-state index < -0.39 is 81.8 Å². The van der Waals surface area contributed by atoms with Crippen molar-refractivity contribution in [2.75, 3.05) is 0 Å². The predicted molar refractivity (Wildman–Crippen MR) is 138 cm³/mol. The lowest BCUT2D eigenvalue weighted by atomic mass is 9.47. The highest BCUT2D eigenvalue weighted by Crippen LogP contribution is 2.69. The van der Waals surface area contributed by atoms with Gasteiger partial charge in [-0.2, -0.15) is 0 Å². The molecule has 2 bridgehead atoms. The lowest BCUT2D eigenvalue weighted by Gasteiger charge is -2.65. The molecule has 2 saturated carbocycles. The molecule has 0 radical (unpaired) electrons. The zero-order valence-electron chi connectivity index (χ0n) is 24.6. The normalized spacial score (nSPS) is 38.1. The summed E-state index contributed by atoms with van der Waals surface area (Å²) in [6, 6.07) is 3.00. The topological polar surface area (TPSA) is 148 Å². The third kappa shape index (κ3) is 4.51. The molecular formula is C29H40O11. The lowest BCUT2D eigenvalue weighted by Crippen LogP contribution is -2.81. The minimum Gasteiger partial charge on any atom is -0.458 e. The molecule has 0 aromatic carbocycles. The zero-order valence-corrected chi connectivity index (χ0v) is 24.6. The van der Waals surface area contributed by atoms with Gasteiger partial charge in [0.25, 0.3) is 0 Å². The molecule has 222 valence electrons. The maximum absolute atomic E-state index is 13.3. The van der Waals surface area contributed by atoms with E-state index in [-0.39, 0.29) is 18.6 Å². The molecule has 0 unspecified atom stereocenters. The fraction of sp³-hybridized carbons (Fsp3) is 0.724. The SMILES string of the molecule is CC(=O)O[C@H]1C[C@](C)(O)[C@]23OC(C)(C)[C@H](C[C@H](OC(=O)c4ccco4)[C@]2(C)[C@H]1OC(C)=O)[C@H]3OC(=O)C(C)(C)C. The van der Waals surface area contributed by atoms with Crippen molar-refractivity contribution in [2.45, 2.75) is 116 Å². The average Bonchev–Trinajstić information content (AvgIpc) is 3.39. The Hall–Kier alpha value is -2.92. The lowest BCUT2D eigenvalue weighted by molar-refractivity contribution is -0.345. The largest absolute Gasteiger partial charge is 0.458 e. The minimum atomic E-state index is -1.82. The summed E-state index contributed by atoms with van der Waals surface area (Å²) < 4.78 is 35.8. The van der Waals surface area contributed by atoms with E-state index in [4.69, 9.17) is 28.1 Å². The fourth-order valence-electron chi connectivity index (χ4n) is 7.07. The van der Waals surface area contributed by atoms with Crippen molar-refractivity contribution in [3.05, 3.63) is 24.2 Å². The molecule has 2 heterocycles. The van der Waals surface area contributed by atoms with Crippen LogP contribution >= 0.6 is 0 Å². The summed E-state index contributed by atoms with van der Waals surface area (Å²) in [6.45, 7) is 14.4. The van der Waals surface area contributed by atoms with Gasteiger partial charge in [0, 0.05) is 26.2 Å². The number of carbonyl (C=O) groups excluding carboxylic acids is 4. The first-order valence-electron chi connectivity index (χ1n) is 13.5. The van der Waals surface area contributed by atoms with E-state index in [0.29, 0.717) is 0 Å². The van der Waals surface area contributed by atoms with Crippen molar-refractivity contribution in [3.63, 3.8) is 0 Å². The Kier molecular flexibility index (Phi) is 7.20. The predicted octanol–water partition coefficient (Wildman–Crippen LogP) is 3.35. The van der Waals surface area contributed by atoms with Crippen LogP contribution in [0.5, 0.6) is 0 Å². The monoisotopic (exact) mass is 564 g/mol. The molecule has 1 saturated heterocycles. The van der Waals surface area contributed by atoms with E-state index in [1.54, 1.807) is 33.8 Å². The Balaban J connectivity index is 1.96. The maximum Gasteiger partial charge on any atom is 0.374 e. The molecular weight excluding hydrogens is 524 g/mol. The Bertz CT molecular complexity index is 1180. The van der Waals surface area contributed by atoms with E-state index in [1.807, 2.05) is 13.8 Å². The van der Waals surface area contributed by atoms with Gasteiger partial charge in [0.15, 0.2) is 6.10 Å². The molecule has 11 nitrogen and oxygen atoms in total. The summed E-state index contributed by atoms with van der Waals surface area (Å²) >= 11 is 0. The molecule has 1 spiro atoms. The Labute approximate surface area is 233 Å². The molecule has 1 aromatic heterocycles. The standard InChI is InChI=1S/C29H40O11/c1-15(30)36-19-14-27(8,34)29-21(39-24(33)25(3,4)5)17(26(6,7)40-29)13-20(28(29,9)22(19)37-16(2)31)38-23(32)18-11-10-12-35-18/h10-12,17,19-22,34H,13-14H2,1-9H3/t17-,19+,20+,21-,22+,27+,28-,29+/m1/s1. The zero-order chi connectivity index (χ0) is 30.1. The highest BCUT2D eigenvalue weighted by molar-refractivity contribution is 5.86. The molecule has 8 atom stereocenters. The van der Waals surface area contributed by atoms with Crippen LogP contribution < -0.4 is 0 Å². The van der Waals surface area contributed by atoms with Gasteiger partial charge in [-0.3, -0.25) is 14.4 Å². The van der Waals surface area contributed by atoms with E-state index in [9.17, 15) is 24.3 Å². The second kappa shape index (κ2) is 9.58. The van der Waals surface area contributed by atoms with Crippen molar-refractivity contribution >= 4 is 23.9 Å². The molecule has 2 aliphatic carbocycles. The molecule has 1 aliphatic heterocycles. The second-order valence-corrected chi connectivity index (χ2v) is 13.2. The highest BCUT2D eigenvalue weighted by Gasteiger charge is 2.84. The summed E-state index contributed by atoms with van der Waals surface area (Å²) in [5, 5.41) is 12.3. The van der Waals surface area contributed by atoms with Crippen LogP contribution in [0.4, 0.5) is 0 Å². The van der Waals surface area contributed by atoms with Crippen LogP contribution in [-0.2, 0) is 38.1 Å². The third-order valence-corrected chi connectivity index (χ3v) is 8.78. The van der Waals surface area contributed by atoms with E-state index in [1.165, 1.54) is 33.1 Å². The summed E-state index contributed by atoms with van der Waals surface area (Å²) in [5.41, 5.74) is -7.00. The Morgan fingerprint density at radius 1 is 0.950 bits per heavy atom. The average molecular weight is 565 g/mol. The van der Waals surface area contributed by atoms with Crippen LogP contribution in [0.1, 0.15) is 85.7 Å². The molecule has 0 amide bonds. The molecule has 1 N–H and O–H groups in total. The van der Waals surface area contributed by atoms with Crippen LogP contribution in [0, 0.1) is 16.7 Å². The highest BCUT2D eigenvalue weighted by atomic mass is 16.6.